The summed E-state index contributed by atoms with van der Waals surface area (Å²) in [5.41, 5.74) is -0.330. The molecule has 0 radical (unpaired) electrons. The standard InChI is InChI=1S/C13H16ClF3N2/c14-11-4-3-10(13(15,16)17)6-12(11)19-8-9-2-1-5-18-7-9/h3-4,6,9,18-19H,1-2,5,7-8H2. The minimum absolute atomic E-state index is 0.316. The zero-order valence-corrected chi connectivity index (χ0v) is 11.1. The van der Waals surface area contributed by atoms with Gasteiger partial charge in [0.25, 0.3) is 0 Å². The van der Waals surface area contributed by atoms with Crippen molar-refractivity contribution in [2.24, 2.45) is 5.92 Å². The molecule has 1 heterocycles. The van der Waals surface area contributed by atoms with E-state index in [1.54, 1.807) is 0 Å². The number of anilines is 1. The number of benzene rings is 1. The molecular weight excluding hydrogens is 277 g/mol. The van der Waals surface area contributed by atoms with Gasteiger partial charge in [-0.05, 0) is 50.0 Å². The first-order chi connectivity index (χ1) is 8.97. The Morgan fingerprint density at radius 3 is 2.79 bits per heavy atom. The van der Waals surface area contributed by atoms with Crippen LogP contribution in [0, 0.1) is 5.92 Å². The second-order valence-electron chi connectivity index (χ2n) is 4.79. The van der Waals surface area contributed by atoms with Gasteiger partial charge in [-0.1, -0.05) is 11.6 Å². The summed E-state index contributed by atoms with van der Waals surface area (Å²) >= 11 is 5.92. The molecule has 2 N–H and O–H groups in total. The summed E-state index contributed by atoms with van der Waals surface area (Å²) in [7, 11) is 0. The average Bonchev–Trinajstić information content (AvgIpc) is 2.37. The Morgan fingerprint density at radius 1 is 1.37 bits per heavy atom. The largest absolute Gasteiger partial charge is 0.416 e. The van der Waals surface area contributed by atoms with Gasteiger partial charge >= 0.3 is 6.18 Å². The van der Waals surface area contributed by atoms with Crippen molar-refractivity contribution in [3.8, 4) is 0 Å². The van der Waals surface area contributed by atoms with Crippen LogP contribution in [0.4, 0.5) is 18.9 Å². The van der Waals surface area contributed by atoms with Crippen molar-refractivity contribution in [3.05, 3.63) is 28.8 Å². The summed E-state index contributed by atoms with van der Waals surface area (Å²) < 4.78 is 37.8. The molecule has 106 valence electrons. The third-order valence-corrected chi connectivity index (χ3v) is 3.60. The van der Waals surface area contributed by atoms with E-state index < -0.39 is 11.7 Å². The van der Waals surface area contributed by atoms with E-state index in [4.69, 9.17) is 11.6 Å². The molecule has 0 saturated carbocycles. The SMILES string of the molecule is FC(F)(F)c1ccc(Cl)c(NCC2CCCNC2)c1. The van der Waals surface area contributed by atoms with Gasteiger partial charge in [0.05, 0.1) is 16.3 Å². The highest BCUT2D eigenvalue weighted by atomic mass is 35.5. The molecule has 1 aromatic rings. The molecule has 0 spiro atoms. The fourth-order valence-corrected chi connectivity index (χ4v) is 2.37. The van der Waals surface area contributed by atoms with Crippen LogP contribution in [0.3, 0.4) is 0 Å². The van der Waals surface area contributed by atoms with E-state index in [1.807, 2.05) is 0 Å². The van der Waals surface area contributed by atoms with Crippen LogP contribution in [0.1, 0.15) is 18.4 Å². The molecule has 2 nitrogen and oxygen atoms in total. The molecule has 1 aromatic carbocycles. The number of nitrogens with one attached hydrogen (secondary N) is 2. The van der Waals surface area contributed by atoms with Crippen molar-refractivity contribution >= 4 is 17.3 Å². The predicted molar refractivity (Wildman–Crippen MR) is 70.5 cm³/mol. The summed E-state index contributed by atoms with van der Waals surface area (Å²) in [6.07, 6.45) is -2.16. The van der Waals surface area contributed by atoms with E-state index in [0.29, 0.717) is 23.2 Å². The summed E-state index contributed by atoms with van der Waals surface area (Å²) in [5, 5.41) is 6.61. The molecule has 1 aliphatic rings. The zero-order chi connectivity index (χ0) is 13.9. The highest BCUT2D eigenvalue weighted by molar-refractivity contribution is 6.33. The third-order valence-electron chi connectivity index (χ3n) is 3.27. The van der Waals surface area contributed by atoms with Crippen LogP contribution in [0.15, 0.2) is 18.2 Å². The predicted octanol–water partition coefficient (Wildman–Crippen LogP) is 3.77. The lowest BCUT2D eigenvalue weighted by atomic mass is 9.99. The lowest BCUT2D eigenvalue weighted by Gasteiger charge is -2.23. The van der Waals surface area contributed by atoms with Crippen LogP contribution in [0.2, 0.25) is 5.02 Å². The van der Waals surface area contributed by atoms with Gasteiger partial charge in [-0.15, -0.1) is 0 Å². The number of halogens is 4. The van der Waals surface area contributed by atoms with Crippen LogP contribution in [-0.2, 0) is 6.18 Å². The fourth-order valence-electron chi connectivity index (χ4n) is 2.19. The molecule has 0 amide bonds. The van der Waals surface area contributed by atoms with Gasteiger partial charge in [0.1, 0.15) is 0 Å². The zero-order valence-electron chi connectivity index (χ0n) is 10.4. The van der Waals surface area contributed by atoms with E-state index in [0.717, 1.165) is 38.1 Å². The quantitative estimate of drug-likeness (QED) is 0.886. The molecule has 19 heavy (non-hydrogen) atoms. The van der Waals surface area contributed by atoms with Crippen molar-refractivity contribution in [2.75, 3.05) is 25.0 Å². The fraction of sp³-hybridized carbons (Fsp3) is 0.538. The second kappa shape index (κ2) is 6.01. The van der Waals surface area contributed by atoms with Gasteiger partial charge in [0.15, 0.2) is 0 Å². The normalized spacial score (nSPS) is 20.3. The van der Waals surface area contributed by atoms with Gasteiger partial charge in [0, 0.05) is 6.54 Å². The van der Waals surface area contributed by atoms with Crippen LogP contribution in [0.25, 0.3) is 0 Å². The van der Waals surface area contributed by atoms with Crippen LogP contribution < -0.4 is 10.6 Å². The first kappa shape index (κ1) is 14.5. The van der Waals surface area contributed by atoms with E-state index in [9.17, 15) is 13.2 Å². The number of hydrogen-bond acceptors (Lipinski definition) is 2. The molecule has 0 aliphatic carbocycles. The maximum atomic E-state index is 12.6. The topological polar surface area (TPSA) is 24.1 Å². The number of hydrogen-bond donors (Lipinski definition) is 2. The van der Waals surface area contributed by atoms with Crippen molar-refractivity contribution in [2.45, 2.75) is 19.0 Å². The average molecular weight is 293 g/mol. The maximum Gasteiger partial charge on any atom is 0.416 e. The third kappa shape index (κ3) is 4.01. The Balaban J connectivity index is 2.02. The molecule has 2 rings (SSSR count). The maximum absolute atomic E-state index is 12.6. The van der Waals surface area contributed by atoms with Crippen molar-refractivity contribution in [1.29, 1.82) is 0 Å². The molecule has 1 aliphatic heterocycles. The van der Waals surface area contributed by atoms with Gasteiger partial charge in [-0.25, -0.2) is 0 Å². The van der Waals surface area contributed by atoms with Crippen molar-refractivity contribution < 1.29 is 13.2 Å². The molecule has 1 atom stereocenters. The van der Waals surface area contributed by atoms with E-state index in [1.165, 1.54) is 6.07 Å². The summed E-state index contributed by atoms with van der Waals surface area (Å²) in [6, 6.07) is 3.35. The summed E-state index contributed by atoms with van der Waals surface area (Å²) in [4.78, 5) is 0. The van der Waals surface area contributed by atoms with Crippen LogP contribution in [0.5, 0.6) is 0 Å². The monoisotopic (exact) mass is 292 g/mol. The Bertz CT molecular complexity index is 428. The highest BCUT2D eigenvalue weighted by Crippen LogP contribution is 2.33. The number of rotatable bonds is 3. The molecule has 1 fully saturated rings. The van der Waals surface area contributed by atoms with E-state index in [2.05, 4.69) is 10.6 Å². The first-order valence-electron chi connectivity index (χ1n) is 6.28. The van der Waals surface area contributed by atoms with E-state index >= 15 is 0 Å². The lowest BCUT2D eigenvalue weighted by molar-refractivity contribution is -0.137. The molecule has 1 saturated heterocycles. The number of alkyl halides is 3. The Kier molecular flexibility index (Phi) is 4.58. The Hall–Kier alpha value is -0.940. The molecule has 0 aromatic heterocycles. The Morgan fingerprint density at radius 2 is 2.16 bits per heavy atom. The van der Waals surface area contributed by atoms with Gasteiger partial charge in [-0.3, -0.25) is 0 Å². The van der Waals surface area contributed by atoms with Crippen molar-refractivity contribution in [1.82, 2.24) is 5.32 Å². The molecule has 0 bridgehead atoms. The van der Waals surface area contributed by atoms with Gasteiger partial charge in [-0.2, -0.15) is 13.2 Å². The smallest absolute Gasteiger partial charge is 0.384 e. The van der Waals surface area contributed by atoms with E-state index in [-0.39, 0.29) is 0 Å². The van der Waals surface area contributed by atoms with Crippen LogP contribution in [-0.4, -0.2) is 19.6 Å². The van der Waals surface area contributed by atoms with Gasteiger partial charge < -0.3 is 10.6 Å². The molecule has 6 heteroatoms. The van der Waals surface area contributed by atoms with Crippen LogP contribution >= 0.6 is 11.6 Å². The summed E-state index contributed by atoms with van der Waals surface area (Å²) in [5.74, 6) is 0.430. The highest BCUT2D eigenvalue weighted by Gasteiger charge is 2.31. The van der Waals surface area contributed by atoms with Crippen molar-refractivity contribution in [3.63, 3.8) is 0 Å². The lowest BCUT2D eigenvalue weighted by Crippen LogP contribution is -2.33. The minimum atomic E-state index is -4.34. The summed E-state index contributed by atoms with van der Waals surface area (Å²) in [6.45, 7) is 2.54. The number of piperidine rings is 1. The van der Waals surface area contributed by atoms with Gasteiger partial charge in [0.2, 0.25) is 0 Å². The Labute approximate surface area is 115 Å². The second-order valence-corrected chi connectivity index (χ2v) is 5.19. The molecule has 1 unspecified atom stereocenters. The first-order valence-corrected chi connectivity index (χ1v) is 6.66. The minimum Gasteiger partial charge on any atom is -0.384 e. The molecular formula is C13H16ClF3N2.